The highest BCUT2D eigenvalue weighted by molar-refractivity contribution is 5.57. The number of nitrogens with two attached hydrogens (primary N) is 1. The van der Waals surface area contributed by atoms with Crippen molar-refractivity contribution >= 4 is 5.69 Å². The second-order valence-electron chi connectivity index (χ2n) is 8.60. The van der Waals surface area contributed by atoms with Gasteiger partial charge in [-0.05, 0) is 29.2 Å². The molecular formula is C30H26N2O3. The molecule has 174 valence electrons. The normalized spacial score (nSPS) is 17.7. The second kappa shape index (κ2) is 9.63. The van der Waals surface area contributed by atoms with Crippen molar-refractivity contribution < 1.29 is 13.9 Å². The molecular weight excluding hydrogens is 436 g/mol. The summed E-state index contributed by atoms with van der Waals surface area (Å²) in [6.45, 7) is 2.30. The van der Waals surface area contributed by atoms with E-state index in [4.69, 9.17) is 19.6 Å². The lowest BCUT2D eigenvalue weighted by Crippen LogP contribution is -2.35. The van der Waals surface area contributed by atoms with Crippen LogP contribution in [0.15, 0.2) is 113 Å². The highest BCUT2D eigenvalue weighted by Crippen LogP contribution is 2.42. The predicted octanol–water partition coefficient (Wildman–Crippen LogP) is 6.13. The summed E-state index contributed by atoms with van der Waals surface area (Å²) in [6.07, 6.45) is 2.88. The first-order valence-electron chi connectivity index (χ1n) is 11.5. The van der Waals surface area contributed by atoms with Crippen LogP contribution in [-0.4, -0.2) is 12.7 Å². The topological polar surface area (TPSA) is 81.4 Å². The van der Waals surface area contributed by atoms with Gasteiger partial charge in [-0.1, -0.05) is 97.1 Å². The van der Waals surface area contributed by atoms with Gasteiger partial charge >= 0.3 is 0 Å². The summed E-state index contributed by atoms with van der Waals surface area (Å²) in [5, 5.41) is 9.19. The third kappa shape index (κ3) is 4.15. The molecule has 0 aliphatic carbocycles. The van der Waals surface area contributed by atoms with Crippen LogP contribution in [0.25, 0.3) is 0 Å². The number of hydrogen-bond donors (Lipinski definition) is 1. The Morgan fingerprint density at radius 3 is 1.86 bits per heavy atom. The van der Waals surface area contributed by atoms with Crippen LogP contribution in [0, 0.1) is 11.3 Å². The van der Waals surface area contributed by atoms with Gasteiger partial charge in [-0.25, -0.2) is 0 Å². The Morgan fingerprint density at radius 2 is 1.40 bits per heavy atom. The Balaban J connectivity index is 1.50. The third-order valence-corrected chi connectivity index (χ3v) is 6.42. The molecule has 0 saturated carbocycles. The Kier molecular flexibility index (Phi) is 6.24. The van der Waals surface area contributed by atoms with E-state index in [2.05, 4.69) is 42.5 Å². The van der Waals surface area contributed by atoms with E-state index in [9.17, 15) is 5.26 Å². The molecule has 1 aromatic heterocycles. The first-order chi connectivity index (χ1) is 17.1. The van der Waals surface area contributed by atoms with Crippen LogP contribution in [-0.2, 0) is 15.1 Å². The molecule has 0 spiro atoms. The van der Waals surface area contributed by atoms with Gasteiger partial charge in [0.2, 0.25) is 5.76 Å². The second-order valence-corrected chi connectivity index (χ2v) is 8.60. The van der Waals surface area contributed by atoms with Gasteiger partial charge in [0, 0.05) is 5.56 Å². The van der Waals surface area contributed by atoms with E-state index in [1.165, 1.54) is 6.26 Å². The molecule has 2 atom stereocenters. The summed E-state index contributed by atoms with van der Waals surface area (Å²) in [4.78, 5) is 0. The van der Waals surface area contributed by atoms with E-state index in [-0.39, 0.29) is 18.0 Å². The maximum atomic E-state index is 9.19. The molecule has 5 nitrogen and oxygen atoms in total. The summed E-state index contributed by atoms with van der Waals surface area (Å²) in [5.41, 5.74) is 10.4. The summed E-state index contributed by atoms with van der Waals surface area (Å²) >= 11 is 0. The van der Waals surface area contributed by atoms with Gasteiger partial charge in [0.1, 0.15) is 30.1 Å². The van der Waals surface area contributed by atoms with Crippen molar-refractivity contribution in [2.75, 3.05) is 12.3 Å². The van der Waals surface area contributed by atoms with Gasteiger partial charge in [-0.2, -0.15) is 5.26 Å². The number of anilines is 1. The molecule has 2 N–H and O–H groups in total. The summed E-state index contributed by atoms with van der Waals surface area (Å²) in [6, 6.07) is 32.7. The maximum absolute atomic E-state index is 9.19. The van der Waals surface area contributed by atoms with E-state index >= 15 is 0 Å². The van der Waals surface area contributed by atoms with Crippen LogP contribution < -0.4 is 5.73 Å². The quantitative estimate of drug-likeness (QED) is 0.264. The maximum Gasteiger partial charge on any atom is 0.226 e. The number of furan rings is 1. The molecule has 0 amide bonds. The molecule has 35 heavy (non-hydrogen) atoms. The minimum Gasteiger partial charge on any atom is -0.451 e. The Bertz CT molecular complexity index is 1260. The van der Waals surface area contributed by atoms with Crippen molar-refractivity contribution in [3.05, 3.63) is 137 Å². The first kappa shape index (κ1) is 22.7. The van der Waals surface area contributed by atoms with Crippen molar-refractivity contribution in [3.8, 4) is 6.07 Å². The van der Waals surface area contributed by atoms with Crippen molar-refractivity contribution in [1.29, 1.82) is 5.26 Å². The van der Waals surface area contributed by atoms with E-state index in [1.807, 2.05) is 67.6 Å². The van der Waals surface area contributed by atoms with Gasteiger partial charge in [-0.15, -0.1) is 0 Å². The standard InChI is InChI=1S/C30H26N2O3/c1-21-17-25(35-29(21)26-20-33-27(18-31)28(26)32)19-34-30(22-11-5-2-6-12-22,23-13-7-3-8-14-23)24-15-9-4-10-16-24/h2-17,20,25,29H,19,32H2,1H3/t25?,29-/m0/s1. The number of benzene rings is 3. The summed E-state index contributed by atoms with van der Waals surface area (Å²) < 4.78 is 18.5. The van der Waals surface area contributed by atoms with Crippen LogP contribution in [0.2, 0.25) is 0 Å². The molecule has 0 radical (unpaired) electrons. The van der Waals surface area contributed by atoms with Gasteiger partial charge in [-0.3, -0.25) is 0 Å². The van der Waals surface area contributed by atoms with Crippen LogP contribution in [0.5, 0.6) is 0 Å². The number of hydrogen-bond acceptors (Lipinski definition) is 5. The van der Waals surface area contributed by atoms with E-state index in [0.717, 1.165) is 22.3 Å². The lowest BCUT2D eigenvalue weighted by Gasteiger charge is -2.36. The van der Waals surface area contributed by atoms with Gasteiger partial charge in [0.25, 0.3) is 0 Å². The van der Waals surface area contributed by atoms with E-state index in [0.29, 0.717) is 17.9 Å². The van der Waals surface area contributed by atoms with Gasteiger partial charge in [0.15, 0.2) is 0 Å². The highest BCUT2D eigenvalue weighted by atomic mass is 16.6. The van der Waals surface area contributed by atoms with Gasteiger partial charge in [0.05, 0.1) is 12.3 Å². The summed E-state index contributed by atoms with van der Waals surface area (Å²) in [5.74, 6) is 0.104. The summed E-state index contributed by atoms with van der Waals surface area (Å²) in [7, 11) is 0. The molecule has 2 heterocycles. The van der Waals surface area contributed by atoms with E-state index < -0.39 is 5.60 Å². The highest BCUT2D eigenvalue weighted by Gasteiger charge is 2.39. The lowest BCUT2D eigenvalue weighted by atomic mass is 9.80. The van der Waals surface area contributed by atoms with Crippen molar-refractivity contribution in [1.82, 2.24) is 0 Å². The lowest BCUT2D eigenvalue weighted by molar-refractivity contribution is -0.0550. The van der Waals surface area contributed by atoms with Crippen molar-refractivity contribution in [2.45, 2.75) is 24.7 Å². The number of nitrogens with zero attached hydrogens (tertiary/aromatic N) is 1. The number of rotatable bonds is 7. The minimum atomic E-state index is -0.824. The number of ether oxygens (including phenoxy) is 2. The van der Waals surface area contributed by atoms with Crippen molar-refractivity contribution in [3.63, 3.8) is 0 Å². The fourth-order valence-electron chi connectivity index (χ4n) is 4.75. The fraction of sp³-hybridized carbons (Fsp3) is 0.167. The monoisotopic (exact) mass is 462 g/mol. The van der Waals surface area contributed by atoms with Crippen LogP contribution in [0.4, 0.5) is 5.69 Å². The molecule has 3 aromatic carbocycles. The molecule has 1 aliphatic rings. The first-order valence-corrected chi connectivity index (χ1v) is 11.5. The molecule has 4 aromatic rings. The molecule has 0 saturated heterocycles. The smallest absolute Gasteiger partial charge is 0.226 e. The molecule has 1 unspecified atom stereocenters. The zero-order valence-electron chi connectivity index (χ0n) is 19.4. The average molecular weight is 463 g/mol. The van der Waals surface area contributed by atoms with Crippen LogP contribution in [0.3, 0.4) is 0 Å². The Hall–Kier alpha value is -4.11. The zero-order valence-corrected chi connectivity index (χ0v) is 19.4. The molecule has 5 heteroatoms. The van der Waals surface area contributed by atoms with Gasteiger partial charge < -0.3 is 19.6 Å². The minimum absolute atomic E-state index is 0.104. The predicted molar refractivity (Wildman–Crippen MR) is 134 cm³/mol. The number of nitriles is 1. The van der Waals surface area contributed by atoms with E-state index in [1.54, 1.807) is 0 Å². The average Bonchev–Trinajstić information content (AvgIpc) is 3.47. The van der Waals surface area contributed by atoms with Crippen LogP contribution in [0.1, 0.15) is 41.0 Å². The zero-order chi connectivity index (χ0) is 24.3. The fourth-order valence-corrected chi connectivity index (χ4v) is 4.75. The Morgan fingerprint density at radius 1 is 0.886 bits per heavy atom. The molecule has 0 bridgehead atoms. The Labute approximate surface area is 205 Å². The van der Waals surface area contributed by atoms with Crippen molar-refractivity contribution in [2.24, 2.45) is 0 Å². The molecule has 1 aliphatic heterocycles. The SMILES string of the molecule is CC1=CC(COC(c2ccccc2)(c2ccccc2)c2ccccc2)O[C@@H]1c1coc(C#N)c1N. The number of nitrogen functional groups attached to an aromatic ring is 1. The largest absolute Gasteiger partial charge is 0.451 e. The third-order valence-electron chi connectivity index (χ3n) is 6.42. The molecule has 0 fully saturated rings. The van der Waals surface area contributed by atoms with Crippen LogP contribution >= 0.6 is 0 Å². The molecule has 5 rings (SSSR count).